The highest BCUT2D eigenvalue weighted by Gasteiger charge is 2.28. The first-order chi connectivity index (χ1) is 8.48. The van der Waals surface area contributed by atoms with Crippen LogP contribution in [0.2, 0.25) is 0 Å². The molecular formula is C13H21NO3S. The Morgan fingerprint density at radius 3 is 2.61 bits per heavy atom. The van der Waals surface area contributed by atoms with Crippen molar-refractivity contribution >= 4 is 15.7 Å². The monoisotopic (exact) mass is 271 g/mol. The number of sulfone groups is 1. The SMILES string of the molecule is CN(C(=O)CC1=CCCC1)C1CCS(=O)(=O)CC1. The van der Waals surface area contributed by atoms with Gasteiger partial charge in [-0.3, -0.25) is 4.79 Å². The van der Waals surface area contributed by atoms with E-state index in [0.29, 0.717) is 19.3 Å². The Labute approximate surface area is 109 Å². The van der Waals surface area contributed by atoms with Gasteiger partial charge in [-0.1, -0.05) is 11.6 Å². The maximum atomic E-state index is 12.1. The predicted octanol–water partition coefficient (Wildman–Crippen LogP) is 1.52. The van der Waals surface area contributed by atoms with Gasteiger partial charge in [0.2, 0.25) is 5.91 Å². The van der Waals surface area contributed by atoms with Gasteiger partial charge in [-0.05, 0) is 32.1 Å². The molecule has 0 atom stereocenters. The molecule has 0 spiro atoms. The van der Waals surface area contributed by atoms with E-state index < -0.39 is 9.84 Å². The minimum absolute atomic E-state index is 0.100. The molecular weight excluding hydrogens is 250 g/mol. The van der Waals surface area contributed by atoms with Crippen molar-refractivity contribution in [1.82, 2.24) is 4.90 Å². The van der Waals surface area contributed by atoms with E-state index in [9.17, 15) is 13.2 Å². The number of carbonyl (C=O) groups excluding carboxylic acids is 1. The van der Waals surface area contributed by atoms with Crippen molar-refractivity contribution in [1.29, 1.82) is 0 Å². The predicted molar refractivity (Wildman–Crippen MR) is 71.0 cm³/mol. The summed E-state index contributed by atoms with van der Waals surface area (Å²) in [5.74, 6) is 0.572. The second-order valence-electron chi connectivity index (χ2n) is 5.32. The quantitative estimate of drug-likeness (QED) is 0.731. The zero-order valence-electron chi connectivity index (χ0n) is 10.9. The summed E-state index contributed by atoms with van der Waals surface area (Å²) in [7, 11) is -1.04. The lowest BCUT2D eigenvalue weighted by Crippen LogP contribution is -2.42. The zero-order valence-corrected chi connectivity index (χ0v) is 11.7. The van der Waals surface area contributed by atoms with Crippen LogP contribution in [0.3, 0.4) is 0 Å². The van der Waals surface area contributed by atoms with Gasteiger partial charge in [0.1, 0.15) is 9.84 Å². The maximum Gasteiger partial charge on any atom is 0.226 e. The number of nitrogens with zero attached hydrogens (tertiary/aromatic N) is 1. The van der Waals surface area contributed by atoms with Crippen LogP contribution in [-0.2, 0) is 14.6 Å². The molecule has 1 aliphatic carbocycles. The molecule has 1 fully saturated rings. The Kier molecular flexibility index (Phi) is 4.10. The van der Waals surface area contributed by atoms with E-state index in [4.69, 9.17) is 0 Å². The van der Waals surface area contributed by atoms with E-state index in [1.165, 1.54) is 5.57 Å². The fraction of sp³-hybridized carbons (Fsp3) is 0.769. The second kappa shape index (κ2) is 5.43. The minimum Gasteiger partial charge on any atom is -0.342 e. The van der Waals surface area contributed by atoms with E-state index in [-0.39, 0.29) is 23.5 Å². The molecule has 102 valence electrons. The molecule has 0 unspecified atom stereocenters. The first kappa shape index (κ1) is 13.6. The van der Waals surface area contributed by atoms with Gasteiger partial charge < -0.3 is 4.90 Å². The molecule has 1 saturated heterocycles. The Hall–Kier alpha value is -0.840. The van der Waals surface area contributed by atoms with Gasteiger partial charge in [0.25, 0.3) is 0 Å². The van der Waals surface area contributed by atoms with Crippen LogP contribution in [0, 0.1) is 0 Å². The molecule has 0 aromatic rings. The van der Waals surface area contributed by atoms with E-state index in [1.807, 2.05) is 0 Å². The van der Waals surface area contributed by atoms with Crippen LogP contribution in [0.1, 0.15) is 38.5 Å². The fourth-order valence-corrected chi connectivity index (χ4v) is 4.15. The number of carbonyl (C=O) groups is 1. The smallest absolute Gasteiger partial charge is 0.226 e. The first-order valence-corrected chi connectivity index (χ1v) is 8.44. The van der Waals surface area contributed by atoms with Crippen LogP contribution in [0.5, 0.6) is 0 Å². The van der Waals surface area contributed by atoms with Crippen molar-refractivity contribution in [3.05, 3.63) is 11.6 Å². The molecule has 0 bridgehead atoms. The first-order valence-electron chi connectivity index (χ1n) is 6.62. The Balaban J connectivity index is 1.87. The molecule has 4 nitrogen and oxygen atoms in total. The number of amides is 1. The average molecular weight is 271 g/mol. The summed E-state index contributed by atoms with van der Waals surface area (Å²) in [4.78, 5) is 13.9. The van der Waals surface area contributed by atoms with Gasteiger partial charge in [-0.2, -0.15) is 0 Å². The van der Waals surface area contributed by atoms with Crippen molar-refractivity contribution in [2.45, 2.75) is 44.6 Å². The van der Waals surface area contributed by atoms with Gasteiger partial charge in [-0.15, -0.1) is 0 Å². The second-order valence-corrected chi connectivity index (χ2v) is 7.62. The molecule has 0 radical (unpaired) electrons. The number of rotatable bonds is 3. The van der Waals surface area contributed by atoms with Crippen LogP contribution in [0.4, 0.5) is 0 Å². The summed E-state index contributed by atoms with van der Waals surface area (Å²) in [6.07, 6.45) is 7.14. The summed E-state index contributed by atoms with van der Waals surface area (Å²) < 4.78 is 22.7. The molecule has 0 aromatic carbocycles. The molecule has 2 aliphatic rings. The summed E-state index contributed by atoms with van der Waals surface area (Å²) in [5, 5.41) is 0. The highest BCUT2D eigenvalue weighted by molar-refractivity contribution is 7.91. The van der Waals surface area contributed by atoms with Crippen molar-refractivity contribution in [3.8, 4) is 0 Å². The molecule has 5 heteroatoms. The van der Waals surface area contributed by atoms with Crippen molar-refractivity contribution in [2.24, 2.45) is 0 Å². The van der Waals surface area contributed by atoms with Gasteiger partial charge in [0.15, 0.2) is 0 Å². The van der Waals surface area contributed by atoms with Crippen LogP contribution < -0.4 is 0 Å². The summed E-state index contributed by atoms with van der Waals surface area (Å²) in [5.41, 5.74) is 1.25. The van der Waals surface area contributed by atoms with Crippen molar-refractivity contribution in [3.63, 3.8) is 0 Å². The molecule has 1 amide bonds. The van der Waals surface area contributed by atoms with Crippen LogP contribution in [0.25, 0.3) is 0 Å². The van der Waals surface area contributed by atoms with Gasteiger partial charge in [-0.25, -0.2) is 8.42 Å². The highest BCUT2D eigenvalue weighted by Crippen LogP contribution is 2.23. The molecule has 1 aliphatic heterocycles. The Morgan fingerprint density at radius 1 is 1.39 bits per heavy atom. The Bertz CT molecular complexity index is 439. The third-order valence-electron chi connectivity index (χ3n) is 3.98. The van der Waals surface area contributed by atoms with Crippen molar-refractivity contribution < 1.29 is 13.2 Å². The summed E-state index contributed by atoms with van der Waals surface area (Å²) in [6.45, 7) is 0. The van der Waals surface area contributed by atoms with E-state index in [2.05, 4.69) is 6.08 Å². The van der Waals surface area contributed by atoms with E-state index >= 15 is 0 Å². The van der Waals surface area contributed by atoms with Gasteiger partial charge in [0.05, 0.1) is 11.5 Å². The standard InChI is InChI=1S/C13H21NO3S/c1-14(12-6-8-18(16,17)9-7-12)13(15)10-11-4-2-3-5-11/h4,12H,2-3,5-10H2,1H3. The van der Waals surface area contributed by atoms with E-state index in [1.54, 1.807) is 11.9 Å². The summed E-state index contributed by atoms with van der Waals surface area (Å²) >= 11 is 0. The Morgan fingerprint density at radius 2 is 2.06 bits per heavy atom. The number of hydrogen-bond donors (Lipinski definition) is 0. The topological polar surface area (TPSA) is 54.5 Å². The molecule has 0 N–H and O–H groups in total. The normalized spacial score (nSPS) is 23.7. The average Bonchev–Trinajstić information content (AvgIpc) is 2.81. The molecule has 0 aromatic heterocycles. The third kappa shape index (κ3) is 3.34. The largest absolute Gasteiger partial charge is 0.342 e. The van der Waals surface area contributed by atoms with Crippen LogP contribution in [-0.4, -0.2) is 43.8 Å². The maximum absolute atomic E-state index is 12.1. The van der Waals surface area contributed by atoms with Gasteiger partial charge >= 0.3 is 0 Å². The van der Waals surface area contributed by atoms with Crippen LogP contribution >= 0.6 is 0 Å². The minimum atomic E-state index is -2.85. The van der Waals surface area contributed by atoms with Gasteiger partial charge in [0, 0.05) is 19.5 Å². The third-order valence-corrected chi connectivity index (χ3v) is 5.69. The zero-order chi connectivity index (χ0) is 13.2. The number of hydrogen-bond acceptors (Lipinski definition) is 3. The lowest BCUT2D eigenvalue weighted by atomic mass is 10.1. The summed E-state index contributed by atoms with van der Waals surface area (Å²) in [6, 6.07) is 0.100. The number of allylic oxidation sites excluding steroid dienone is 1. The lowest BCUT2D eigenvalue weighted by molar-refractivity contribution is -0.131. The van der Waals surface area contributed by atoms with Crippen LogP contribution in [0.15, 0.2) is 11.6 Å². The molecule has 1 heterocycles. The van der Waals surface area contributed by atoms with E-state index in [0.717, 1.165) is 19.3 Å². The fourth-order valence-electron chi connectivity index (χ4n) is 2.69. The molecule has 0 saturated carbocycles. The van der Waals surface area contributed by atoms with Crippen molar-refractivity contribution in [2.75, 3.05) is 18.6 Å². The lowest BCUT2D eigenvalue weighted by Gasteiger charge is -2.31. The molecule has 18 heavy (non-hydrogen) atoms. The highest BCUT2D eigenvalue weighted by atomic mass is 32.2. The molecule has 2 rings (SSSR count).